The first-order valence-corrected chi connectivity index (χ1v) is 6.19. The number of rotatable bonds is 1. The standard InChI is InChI=1S/C15H21N/c1-10(2)13-7-5-11(3)14-8-6-12(4)16-15(14)9-13/h6,8,11,13H,1,5,7,9H2,2-4H3/t11?,13-/m1/s1. The van der Waals surface area contributed by atoms with Crippen LogP contribution in [0.25, 0.3) is 0 Å². The van der Waals surface area contributed by atoms with E-state index in [0.717, 1.165) is 12.1 Å². The van der Waals surface area contributed by atoms with E-state index in [1.807, 2.05) is 0 Å². The number of aryl methyl sites for hydroxylation is 1. The van der Waals surface area contributed by atoms with Crippen LogP contribution in [0.2, 0.25) is 0 Å². The lowest BCUT2D eigenvalue weighted by molar-refractivity contribution is 0.525. The highest BCUT2D eigenvalue weighted by Gasteiger charge is 2.22. The molecule has 0 amide bonds. The molecule has 1 aromatic rings. The molecule has 86 valence electrons. The molecule has 1 aliphatic carbocycles. The van der Waals surface area contributed by atoms with Crippen LogP contribution in [0, 0.1) is 12.8 Å². The smallest absolute Gasteiger partial charge is 0.0447 e. The quantitative estimate of drug-likeness (QED) is 0.509. The maximum absolute atomic E-state index is 4.72. The first-order valence-electron chi connectivity index (χ1n) is 6.19. The van der Waals surface area contributed by atoms with Gasteiger partial charge in [0.2, 0.25) is 0 Å². The molecule has 1 heterocycles. The Balaban J connectivity index is 2.38. The van der Waals surface area contributed by atoms with E-state index in [-0.39, 0.29) is 0 Å². The molecule has 1 heteroatoms. The van der Waals surface area contributed by atoms with E-state index in [2.05, 4.69) is 39.5 Å². The SMILES string of the molecule is C=C(C)[C@@H]1CCC(C)c2ccc(C)nc2C1. The molecular weight excluding hydrogens is 194 g/mol. The molecular formula is C15H21N. The molecule has 1 nitrogen and oxygen atoms in total. The molecule has 0 bridgehead atoms. The highest BCUT2D eigenvalue weighted by Crippen LogP contribution is 2.34. The van der Waals surface area contributed by atoms with Crippen molar-refractivity contribution in [3.8, 4) is 0 Å². The predicted octanol–water partition coefficient (Wildman–Crippen LogP) is 4.02. The summed E-state index contributed by atoms with van der Waals surface area (Å²) in [5.74, 6) is 1.27. The van der Waals surface area contributed by atoms with Gasteiger partial charge in [0.25, 0.3) is 0 Å². The van der Waals surface area contributed by atoms with Crippen molar-refractivity contribution in [2.75, 3.05) is 0 Å². The number of hydrogen-bond acceptors (Lipinski definition) is 1. The molecule has 0 saturated heterocycles. The van der Waals surface area contributed by atoms with Gasteiger partial charge in [0.15, 0.2) is 0 Å². The minimum Gasteiger partial charge on any atom is -0.258 e. The largest absolute Gasteiger partial charge is 0.258 e. The topological polar surface area (TPSA) is 12.9 Å². The summed E-state index contributed by atoms with van der Waals surface area (Å²) in [7, 11) is 0. The van der Waals surface area contributed by atoms with Gasteiger partial charge in [0.05, 0.1) is 0 Å². The fourth-order valence-electron chi connectivity index (χ4n) is 2.60. The Morgan fingerprint density at radius 2 is 2.12 bits per heavy atom. The van der Waals surface area contributed by atoms with E-state index < -0.39 is 0 Å². The second-order valence-corrected chi connectivity index (χ2v) is 5.21. The van der Waals surface area contributed by atoms with Crippen LogP contribution in [-0.4, -0.2) is 4.98 Å². The zero-order chi connectivity index (χ0) is 11.7. The van der Waals surface area contributed by atoms with Crippen LogP contribution in [-0.2, 0) is 6.42 Å². The fourth-order valence-corrected chi connectivity index (χ4v) is 2.60. The van der Waals surface area contributed by atoms with Crippen LogP contribution in [0.15, 0.2) is 24.3 Å². The average Bonchev–Trinajstić information content (AvgIpc) is 2.38. The predicted molar refractivity (Wildman–Crippen MR) is 68.6 cm³/mol. The average molecular weight is 215 g/mol. The molecule has 0 saturated carbocycles. The molecule has 0 aliphatic heterocycles. The molecule has 2 atom stereocenters. The van der Waals surface area contributed by atoms with Crippen LogP contribution in [0.4, 0.5) is 0 Å². The third-order valence-corrected chi connectivity index (χ3v) is 3.76. The summed E-state index contributed by atoms with van der Waals surface area (Å²) >= 11 is 0. The second kappa shape index (κ2) is 4.40. The van der Waals surface area contributed by atoms with E-state index in [4.69, 9.17) is 4.98 Å². The van der Waals surface area contributed by atoms with Gasteiger partial charge in [0, 0.05) is 11.4 Å². The molecule has 0 N–H and O–H groups in total. The molecule has 0 radical (unpaired) electrons. The summed E-state index contributed by atoms with van der Waals surface area (Å²) < 4.78 is 0. The van der Waals surface area contributed by atoms with E-state index in [9.17, 15) is 0 Å². The molecule has 16 heavy (non-hydrogen) atoms. The van der Waals surface area contributed by atoms with Gasteiger partial charge in [-0.05, 0) is 56.6 Å². The Labute approximate surface area is 98.6 Å². The Kier molecular flexibility index (Phi) is 3.13. The van der Waals surface area contributed by atoms with E-state index in [0.29, 0.717) is 11.8 Å². The summed E-state index contributed by atoms with van der Waals surface area (Å²) in [6.45, 7) is 10.7. The molecule has 0 fully saturated rings. The van der Waals surface area contributed by atoms with Gasteiger partial charge in [-0.2, -0.15) is 0 Å². The van der Waals surface area contributed by atoms with Gasteiger partial charge >= 0.3 is 0 Å². The zero-order valence-electron chi connectivity index (χ0n) is 10.6. The molecule has 1 aromatic heterocycles. The molecule has 2 rings (SSSR count). The van der Waals surface area contributed by atoms with Gasteiger partial charge < -0.3 is 0 Å². The van der Waals surface area contributed by atoms with Crippen LogP contribution in [0.3, 0.4) is 0 Å². The number of pyridine rings is 1. The van der Waals surface area contributed by atoms with Crippen molar-refractivity contribution in [1.82, 2.24) is 4.98 Å². The summed E-state index contributed by atoms with van der Waals surface area (Å²) in [6.07, 6.45) is 3.60. The van der Waals surface area contributed by atoms with Crippen molar-refractivity contribution in [2.24, 2.45) is 5.92 Å². The molecule has 0 aromatic carbocycles. The van der Waals surface area contributed by atoms with E-state index >= 15 is 0 Å². The minimum absolute atomic E-state index is 0.623. The Morgan fingerprint density at radius 1 is 1.38 bits per heavy atom. The van der Waals surface area contributed by atoms with Crippen molar-refractivity contribution in [3.63, 3.8) is 0 Å². The van der Waals surface area contributed by atoms with Gasteiger partial charge in [0.1, 0.15) is 0 Å². The van der Waals surface area contributed by atoms with Crippen LogP contribution >= 0.6 is 0 Å². The third kappa shape index (κ3) is 2.18. The van der Waals surface area contributed by atoms with Crippen LogP contribution in [0.1, 0.15) is 49.6 Å². The second-order valence-electron chi connectivity index (χ2n) is 5.21. The van der Waals surface area contributed by atoms with Crippen molar-refractivity contribution in [2.45, 2.75) is 46.0 Å². The first-order chi connectivity index (χ1) is 7.58. The Hall–Kier alpha value is -1.11. The first kappa shape index (κ1) is 11.4. The normalized spacial score (nSPS) is 24.7. The minimum atomic E-state index is 0.623. The van der Waals surface area contributed by atoms with Crippen LogP contribution < -0.4 is 0 Å². The van der Waals surface area contributed by atoms with E-state index in [1.165, 1.54) is 29.7 Å². The third-order valence-electron chi connectivity index (χ3n) is 3.76. The summed E-state index contributed by atoms with van der Waals surface area (Å²) in [4.78, 5) is 4.72. The lowest BCUT2D eigenvalue weighted by Gasteiger charge is -2.13. The summed E-state index contributed by atoms with van der Waals surface area (Å²) in [6, 6.07) is 4.40. The number of allylic oxidation sites excluding steroid dienone is 1. The van der Waals surface area contributed by atoms with Crippen molar-refractivity contribution >= 4 is 0 Å². The molecule has 1 unspecified atom stereocenters. The van der Waals surface area contributed by atoms with Crippen molar-refractivity contribution < 1.29 is 0 Å². The summed E-state index contributed by atoms with van der Waals surface area (Å²) in [5.41, 5.74) is 5.20. The monoisotopic (exact) mass is 215 g/mol. The van der Waals surface area contributed by atoms with Crippen molar-refractivity contribution in [3.05, 3.63) is 41.2 Å². The molecule has 0 spiro atoms. The van der Waals surface area contributed by atoms with Crippen LogP contribution in [0.5, 0.6) is 0 Å². The van der Waals surface area contributed by atoms with Gasteiger partial charge in [-0.1, -0.05) is 25.1 Å². The Bertz CT molecular complexity index is 406. The maximum atomic E-state index is 4.72. The highest BCUT2D eigenvalue weighted by atomic mass is 14.7. The molecule has 1 aliphatic rings. The van der Waals surface area contributed by atoms with Gasteiger partial charge in [-0.3, -0.25) is 4.98 Å². The number of hydrogen-bond donors (Lipinski definition) is 0. The lowest BCUT2D eigenvalue weighted by atomic mass is 9.93. The maximum Gasteiger partial charge on any atom is 0.0447 e. The van der Waals surface area contributed by atoms with Gasteiger partial charge in [-0.15, -0.1) is 0 Å². The highest BCUT2D eigenvalue weighted by molar-refractivity contribution is 5.28. The van der Waals surface area contributed by atoms with Crippen molar-refractivity contribution in [1.29, 1.82) is 0 Å². The van der Waals surface area contributed by atoms with Gasteiger partial charge in [-0.25, -0.2) is 0 Å². The number of fused-ring (bicyclic) bond motifs is 1. The number of nitrogens with zero attached hydrogens (tertiary/aromatic N) is 1. The fraction of sp³-hybridized carbons (Fsp3) is 0.533. The zero-order valence-corrected chi connectivity index (χ0v) is 10.6. The summed E-state index contributed by atoms with van der Waals surface area (Å²) in [5, 5.41) is 0. The lowest BCUT2D eigenvalue weighted by Crippen LogP contribution is -2.06. The van der Waals surface area contributed by atoms with E-state index in [1.54, 1.807) is 0 Å². The number of aromatic nitrogens is 1. The Morgan fingerprint density at radius 3 is 2.81 bits per heavy atom.